The SMILES string of the molecule is O=C1C2=CC(c3ccc(Cl)cc3)CN2CCN1c1ccc2c(cnn2CCN2CCCC2)c1. The average Bonchev–Trinajstić information content (AvgIpc) is 3.58. The number of benzene rings is 2. The Morgan fingerprint density at radius 1 is 0.970 bits per heavy atom. The molecule has 2 aromatic carbocycles. The second-order valence-electron chi connectivity index (χ2n) is 9.27. The van der Waals surface area contributed by atoms with Gasteiger partial charge in [-0.2, -0.15) is 5.10 Å². The second-order valence-corrected chi connectivity index (χ2v) is 9.71. The molecule has 3 aliphatic rings. The summed E-state index contributed by atoms with van der Waals surface area (Å²) in [6.07, 6.45) is 6.66. The molecule has 0 spiro atoms. The van der Waals surface area contributed by atoms with E-state index in [9.17, 15) is 4.79 Å². The summed E-state index contributed by atoms with van der Waals surface area (Å²) in [5.41, 5.74) is 4.08. The van der Waals surface area contributed by atoms with Gasteiger partial charge in [0.05, 0.1) is 24.0 Å². The predicted molar refractivity (Wildman–Crippen MR) is 132 cm³/mol. The number of carbonyl (C=O) groups is 1. The number of anilines is 1. The summed E-state index contributed by atoms with van der Waals surface area (Å²) in [6, 6.07) is 14.2. The molecular formula is C26H28ClN5O. The molecule has 0 bridgehead atoms. The number of hydrogen-bond donors (Lipinski definition) is 0. The van der Waals surface area contributed by atoms with Crippen LogP contribution >= 0.6 is 11.6 Å². The maximum Gasteiger partial charge on any atom is 0.274 e. The summed E-state index contributed by atoms with van der Waals surface area (Å²) in [7, 11) is 0. The van der Waals surface area contributed by atoms with Gasteiger partial charge in [0.2, 0.25) is 0 Å². The van der Waals surface area contributed by atoms with Gasteiger partial charge in [0.25, 0.3) is 5.91 Å². The zero-order valence-electron chi connectivity index (χ0n) is 18.7. The number of fused-ring (bicyclic) bond motifs is 2. The van der Waals surface area contributed by atoms with E-state index in [2.05, 4.69) is 56.0 Å². The van der Waals surface area contributed by atoms with E-state index in [4.69, 9.17) is 11.6 Å². The first-order chi connectivity index (χ1) is 16.2. The van der Waals surface area contributed by atoms with Gasteiger partial charge < -0.3 is 14.7 Å². The summed E-state index contributed by atoms with van der Waals surface area (Å²) >= 11 is 6.05. The van der Waals surface area contributed by atoms with E-state index in [1.807, 2.05) is 23.2 Å². The summed E-state index contributed by atoms with van der Waals surface area (Å²) in [6.45, 7) is 6.73. The first-order valence-electron chi connectivity index (χ1n) is 11.9. The minimum absolute atomic E-state index is 0.0819. The maximum atomic E-state index is 13.4. The summed E-state index contributed by atoms with van der Waals surface area (Å²) in [5.74, 6) is 0.302. The highest BCUT2D eigenvalue weighted by molar-refractivity contribution is 6.30. The Hall–Kier alpha value is -2.83. The molecule has 7 heteroatoms. The van der Waals surface area contributed by atoms with Crippen molar-refractivity contribution >= 4 is 34.1 Å². The number of amides is 1. The third kappa shape index (κ3) is 3.91. The normalized spacial score (nSPS) is 21.2. The van der Waals surface area contributed by atoms with E-state index in [0.29, 0.717) is 6.54 Å². The Morgan fingerprint density at radius 3 is 2.61 bits per heavy atom. The van der Waals surface area contributed by atoms with E-state index in [1.54, 1.807) is 0 Å². The Morgan fingerprint density at radius 2 is 1.79 bits per heavy atom. The largest absolute Gasteiger partial charge is 0.365 e. The van der Waals surface area contributed by atoms with Crippen LogP contribution in [0.2, 0.25) is 5.02 Å². The first kappa shape index (κ1) is 20.8. The van der Waals surface area contributed by atoms with Gasteiger partial charge in [-0.25, -0.2) is 0 Å². The minimum Gasteiger partial charge on any atom is -0.365 e. The van der Waals surface area contributed by atoms with Crippen molar-refractivity contribution in [2.45, 2.75) is 25.3 Å². The number of nitrogens with zero attached hydrogens (tertiary/aromatic N) is 5. The Balaban J connectivity index is 1.20. The molecule has 0 aliphatic carbocycles. The molecule has 3 aliphatic heterocycles. The van der Waals surface area contributed by atoms with Gasteiger partial charge in [0.15, 0.2) is 0 Å². The molecule has 0 N–H and O–H groups in total. The molecule has 4 heterocycles. The highest BCUT2D eigenvalue weighted by Gasteiger charge is 2.36. The van der Waals surface area contributed by atoms with Crippen LogP contribution < -0.4 is 4.90 Å². The Labute approximate surface area is 199 Å². The van der Waals surface area contributed by atoms with Crippen molar-refractivity contribution in [2.75, 3.05) is 44.2 Å². The van der Waals surface area contributed by atoms with Crippen molar-refractivity contribution in [3.63, 3.8) is 0 Å². The summed E-state index contributed by atoms with van der Waals surface area (Å²) in [4.78, 5) is 20.0. The van der Waals surface area contributed by atoms with E-state index in [-0.39, 0.29) is 11.8 Å². The lowest BCUT2D eigenvalue weighted by Gasteiger charge is -2.35. The highest BCUT2D eigenvalue weighted by Crippen LogP contribution is 2.34. The van der Waals surface area contributed by atoms with Gasteiger partial charge in [-0.1, -0.05) is 23.7 Å². The molecule has 33 heavy (non-hydrogen) atoms. The smallest absolute Gasteiger partial charge is 0.274 e. The number of carbonyl (C=O) groups excluding carboxylic acids is 1. The van der Waals surface area contributed by atoms with Crippen LogP contribution in [0.1, 0.15) is 24.3 Å². The average molecular weight is 462 g/mol. The molecule has 6 nitrogen and oxygen atoms in total. The molecule has 2 saturated heterocycles. The molecule has 3 aromatic rings. The fourth-order valence-corrected chi connectivity index (χ4v) is 5.51. The van der Waals surface area contributed by atoms with Crippen LogP contribution in [0.4, 0.5) is 5.69 Å². The van der Waals surface area contributed by atoms with Crippen molar-refractivity contribution in [2.24, 2.45) is 0 Å². The Bertz CT molecular complexity index is 1210. The lowest BCUT2D eigenvalue weighted by Crippen LogP contribution is -2.47. The molecule has 1 unspecified atom stereocenters. The van der Waals surface area contributed by atoms with Crippen LogP contribution in [0.5, 0.6) is 0 Å². The van der Waals surface area contributed by atoms with Gasteiger partial charge in [-0.15, -0.1) is 0 Å². The third-order valence-corrected chi connectivity index (χ3v) is 7.49. The van der Waals surface area contributed by atoms with Crippen molar-refractivity contribution in [1.82, 2.24) is 19.6 Å². The Kier molecular flexibility index (Phi) is 5.35. The molecule has 1 aromatic heterocycles. The maximum absolute atomic E-state index is 13.4. The quantitative estimate of drug-likeness (QED) is 0.573. The lowest BCUT2D eigenvalue weighted by molar-refractivity contribution is -0.117. The fourth-order valence-electron chi connectivity index (χ4n) is 5.38. The van der Waals surface area contributed by atoms with Crippen LogP contribution in [0, 0.1) is 0 Å². The van der Waals surface area contributed by atoms with Crippen LogP contribution in [-0.2, 0) is 11.3 Å². The molecule has 0 radical (unpaired) electrons. The number of halogens is 1. The van der Waals surface area contributed by atoms with Gasteiger partial charge >= 0.3 is 0 Å². The van der Waals surface area contributed by atoms with Crippen LogP contribution in [0.3, 0.4) is 0 Å². The molecular weight excluding hydrogens is 434 g/mol. The molecule has 6 rings (SSSR count). The fraction of sp³-hybridized carbons (Fsp3) is 0.385. The van der Waals surface area contributed by atoms with Crippen LogP contribution in [0.15, 0.2) is 60.4 Å². The molecule has 170 valence electrons. The van der Waals surface area contributed by atoms with Crippen LogP contribution in [-0.4, -0.2) is 64.8 Å². The second kappa shape index (κ2) is 8.50. The molecule has 1 atom stereocenters. The molecule has 2 fully saturated rings. The number of hydrogen-bond acceptors (Lipinski definition) is 4. The number of likely N-dealkylation sites (tertiary alicyclic amines) is 1. The van der Waals surface area contributed by atoms with Gasteiger partial charge in [-0.3, -0.25) is 9.48 Å². The van der Waals surface area contributed by atoms with Crippen LogP contribution in [0.25, 0.3) is 10.9 Å². The third-order valence-electron chi connectivity index (χ3n) is 7.24. The van der Waals surface area contributed by atoms with E-state index in [1.165, 1.54) is 31.5 Å². The zero-order chi connectivity index (χ0) is 22.4. The minimum atomic E-state index is 0.0819. The number of rotatable bonds is 5. The van der Waals surface area contributed by atoms with Crippen molar-refractivity contribution < 1.29 is 4.79 Å². The summed E-state index contributed by atoms with van der Waals surface area (Å²) in [5, 5.41) is 6.44. The van der Waals surface area contributed by atoms with Gasteiger partial charge in [0, 0.05) is 48.2 Å². The van der Waals surface area contributed by atoms with E-state index >= 15 is 0 Å². The van der Waals surface area contributed by atoms with Gasteiger partial charge in [-0.05, 0) is 67.9 Å². The van der Waals surface area contributed by atoms with Gasteiger partial charge in [0.1, 0.15) is 0 Å². The van der Waals surface area contributed by atoms with Crippen molar-refractivity contribution in [3.8, 4) is 0 Å². The van der Waals surface area contributed by atoms with E-state index in [0.717, 1.165) is 53.5 Å². The zero-order valence-corrected chi connectivity index (χ0v) is 19.4. The number of aromatic nitrogens is 2. The standard InChI is InChI=1S/C26H28ClN5O/c27-22-5-3-19(4-6-22)21-16-25-26(33)31(13-12-30(25)18-21)23-7-8-24-20(15-23)17-28-32(24)14-11-29-9-1-2-10-29/h3-8,15-17,21H,1-2,9-14,18H2. The number of piperazine rings is 1. The van der Waals surface area contributed by atoms with E-state index < -0.39 is 0 Å². The topological polar surface area (TPSA) is 44.6 Å². The van der Waals surface area contributed by atoms with Crippen molar-refractivity contribution in [3.05, 3.63) is 71.0 Å². The van der Waals surface area contributed by atoms with Crippen molar-refractivity contribution in [1.29, 1.82) is 0 Å². The monoisotopic (exact) mass is 461 g/mol. The lowest BCUT2D eigenvalue weighted by atomic mass is 10.0. The first-order valence-corrected chi connectivity index (χ1v) is 12.3. The molecule has 0 saturated carbocycles. The highest BCUT2D eigenvalue weighted by atomic mass is 35.5. The summed E-state index contributed by atoms with van der Waals surface area (Å²) < 4.78 is 2.09. The molecule has 1 amide bonds. The predicted octanol–water partition coefficient (Wildman–Crippen LogP) is 4.12.